The van der Waals surface area contributed by atoms with E-state index >= 15 is 0 Å². The summed E-state index contributed by atoms with van der Waals surface area (Å²) in [5, 5.41) is 0. The van der Waals surface area contributed by atoms with Crippen molar-refractivity contribution in [3.05, 3.63) is 29.8 Å². The highest BCUT2D eigenvalue weighted by molar-refractivity contribution is 5.52. The Morgan fingerprint density at radius 1 is 1.25 bits per heavy atom. The lowest BCUT2D eigenvalue weighted by Crippen LogP contribution is -2.33. The molecule has 16 heavy (non-hydrogen) atoms. The lowest BCUT2D eigenvalue weighted by Gasteiger charge is -2.32. The summed E-state index contributed by atoms with van der Waals surface area (Å²) in [6.45, 7) is 8.49. The minimum absolute atomic E-state index is 0.270. The number of benzene rings is 1. The van der Waals surface area contributed by atoms with Gasteiger partial charge in [-0.15, -0.1) is 0 Å². The quantitative estimate of drug-likeness (QED) is 0.826. The van der Waals surface area contributed by atoms with E-state index in [9.17, 15) is 0 Å². The Bertz CT molecular complexity index is 331. The molecule has 0 heterocycles. The van der Waals surface area contributed by atoms with E-state index in [4.69, 9.17) is 5.73 Å². The fourth-order valence-electron chi connectivity index (χ4n) is 2.19. The van der Waals surface area contributed by atoms with Crippen LogP contribution in [-0.4, -0.2) is 20.1 Å². The summed E-state index contributed by atoms with van der Waals surface area (Å²) in [7, 11) is 2.15. The van der Waals surface area contributed by atoms with Crippen LogP contribution in [0.1, 0.15) is 25.8 Å². The van der Waals surface area contributed by atoms with Gasteiger partial charge in [0, 0.05) is 19.3 Å². The van der Waals surface area contributed by atoms with Crippen molar-refractivity contribution in [1.29, 1.82) is 0 Å². The molecule has 0 unspecified atom stereocenters. The first-order valence-electron chi connectivity index (χ1n) is 5.93. The average molecular weight is 220 g/mol. The highest BCUT2D eigenvalue weighted by Crippen LogP contribution is 2.25. The van der Waals surface area contributed by atoms with E-state index in [0.29, 0.717) is 0 Å². The highest BCUT2D eigenvalue weighted by Gasteiger charge is 2.19. The molecule has 0 spiro atoms. The van der Waals surface area contributed by atoms with Gasteiger partial charge < -0.3 is 10.6 Å². The molecular formula is C14H24N2. The van der Waals surface area contributed by atoms with Crippen LogP contribution in [0.15, 0.2) is 24.3 Å². The molecule has 0 atom stereocenters. The van der Waals surface area contributed by atoms with Crippen LogP contribution in [-0.2, 0) is 0 Å². The third kappa shape index (κ3) is 3.53. The van der Waals surface area contributed by atoms with Crippen molar-refractivity contribution < 1.29 is 0 Å². The Hall–Kier alpha value is -1.02. The maximum Gasteiger partial charge on any atom is 0.0393 e. The molecule has 0 aliphatic carbocycles. The van der Waals surface area contributed by atoms with Crippen LogP contribution in [0.2, 0.25) is 0 Å². The van der Waals surface area contributed by atoms with Gasteiger partial charge in [-0.1, -0.05) is 32.0 Å². The van der Waals surface area contributed by atoms with Crippen molar-refractivity contribution in [2.24, 2.45) is 11.1 Å². The van der Waals surface area contributed by atoms with Gasteiger partial charge in [0.15, 0.2) is 0 Å². The fourth-order valence-corrected chi connectivity index (χ4v) is 2.19. The zero-order valence-electron chi connectivity index (χ0n) is 11.0. The molecule has 0 aliphatic heterocycles. The molecule has 1 aromatic rings. The largest absolute Gasteiger partial charge is 0.374 e. The average Bonchev–Trinajstić information content (AvgIpc) is 2.17. The Morgan fingerprint density at radius 3 is 2.44 bits per heavy atom. The fraction of sp³-hybridized carbons (Fsp3) is 0.571. The van der Waals surface area contributed by atoms with Crippen molar-refractivity contribution in [3.63, 3.8) is 0 Å². The summed E-state index contributed by atoms with van der Waals surface area (Å²) in [4.78, 5) is 2.32. The molecule has 2 heteroatoms. The predicted molar refractivity (Wildman–Crippen MR) is 71.9 cm³/mol. The van der Waals surface area contributed by atoms with Crippen LogP contribution in [0.4, 0.5) is 5.69 Å². The van der Waals surface area contributed by atoms with E-state index in [1.807, 2.05) is 0 Å². The Balaban J connectivity index is 2.72. The van der Waals surface area contributed by atoms with Crippen molar-refractivity contribution in [2.45, 2.75) is 27.2 Å². The van der Waals surface area contributed by atoms with Gasteiger partial charge >= 0.3 is 0 Å². The first-order valence-corrected chi connectivity index (χ1v) is 5.93. The molecule has 2 nitrogen and oxygen atoms in total. The van der Waals surface area contributed by atoms with E-state index in [2.05, 4.69) is 57.0 Å². The normalized spacial score (nSPS) is 11.6. The van der Waals surface area contributed by atoms with Gasteiger partial charge in [0.05, 0.1) is 0 Å². The Labute approximate surface area is 99.5 Å². The Kier molecular flexibility index (Phi) is 4.36. The van der Waals surface area contributed by atoms with Crippen LogP contribution >= 0.6 is 0 Å². The number of nitrogens with two attached hydrogens (primary N) is 1. The highest BCUT2D eigenvalue weighted by atomic mass is 15.1. The van der Waals surface area contributed by atoms with Gasteiger partial charge in [-0.05, 0) is 36.9 Å². The summed E-state index contributed by atoms with van der Waals surface area (Å²) >= 11 is 0. The lowest BCUT2D eigenvalue weighted by molar-refractivity contribution is 0.347. The van der Waals surface area contributed by atoms with Crippen LogP contribution in [0.25, 0.3) is 0 Å². The second-order valence-corrected chi connectivity index (χ2v) is 5.35. The van der Waals surface area contributed by atoms with Gasteiger partial charge in [0.25, 0.3) is 0 Å². The first-order chi connectivity index (χ1) is 7.46. The van der Waals surface area contributed by atoms with Crippen molar-refractivity contribution in [1.82, 2.24) is 0 Å². The molecule has 0 saturated carbocycles. The topological polar surface area (TPSA) is 29.3 Å². The number of anilines is 1. The number of para-hydroxylation sites is 1. The molecule has 0 aromatic heterocycles. The molecule has 0 fully saturated rings. The van der Waals surface area contributed by atoms with Crippen molar-refractivity contribution >= 4 is 5.69 Å². The van der Waals surface area contributed by atoms with E-state index in [0.717, 1.165) is 19.5 Å². The maximum absolute atomic E-state index is 5.64. The number of hydrogen-bond acceptors (Lipinski definition) is 2. The van der Waals surface area contributed by atoms with Gasteiger partial charge in [0.2, 0.25) is 0 Å². The standard InChI is InChI=1S/C14H24N2/c1-12-7-5-6-8-13(12)16(4)11-14(2,3)9-10-15/h5-8H,9-11,15H2,1-4H3. The molecule has 1 rings (SSSR count). The van der Waals surface area contributed by atoms with E-state index in [1.54, 1.807) is 0 Å². The Morgan fingerprint density at radius 2 is 1.88 bits per heavy atom. The number of aryl methyl sites for hydroxylation is 1. The van der Waals surface area contributed by atoms with E-state index in [-0.39, 0.29) is 5.41 Å². The zero-order chi connectivity index (χ0) is 12.2. The van der Waals surface area contributed by atoms with Gasteiger partial charge in [-0.25, -0.2) is 0 Å². The summed E-state index contributed by atoms with van der Waals surface area (Å²) in [6, 6.07) is 8.50. The molecule has 0 radical (unpaired) electrons. The third-order valence-electron chi connectivity index (χ3n) is 3.01. The van der Waals surface area contributed by atoms with E-state index in [1.165, 1.54) is 11.3 Å². The second-order valence-electron chi connectivity index (χ2n) is 5.35. The van der Waals surface area contributed by atoms with Gasteiger partial charge in [-0.2, -0.15) is 0 Å². The van der Waals surface area contributed by atoms with Crippen LogP contribution in [0.5, 0.6) is 0 Å². The molecule has 1 aromatic carbocycles. The van der Waals surface area contributed by atoms with Crippen LogP contribution in [0, 0.1) is 12.3 Å². The monoisotopic (exact) mass is 220 g/mol. The molecule has 0 aliphatic rings. The minimum atomic E-state index is 0.270. The summed E-state index contributed by atoms with van der Waals surface area (Å²) < 4.78 is 0. The smallest absolute Gasteiger partial charge is 0.0393 e. The SMILES string of the molecule is Cc1ccccc1N(C)CC(C)(C)CCN. The van der Waals surface area contributed by atoms with Crippen molar-refractivity contribution in [2.75, 3.05) is 25.0 Å². The van der Waals surface area contributed by atoms with Crippen molar-refractivity contribution in [3.8, 4) is 0 Å². The molecular weight excluding hydrogens is 196 g/mol. The summed E-state index contributed by atoms with van der Waals surface area (Å²) in [5.74, 6) is 0. The summed E-state index contributed by atoms with van der Waals surface area (Å²) in [5.41, 5.74) is 8.55. The summed E-state index contributed by atoms with van der Waals surface area (Å²) in [6.07, 6.45) is 1.06. The van der Waals surface area contributed by atoms with Gasteiger partial charge in [0.1, 0.15) is 0 Å². The molecule has 90 valence electrons. The predicted octanol–water partition coefficient (Wildman–Crippen LogP) is 2.81. The van der Waals surface area contributed by atoms with Crippen LogP contribution in [0.3, 0.4) is 0 Å². The molecule has 0 bridgehead atoms. The molecule has 0 amide bonds. The molecule has 0 saturated heterocycles. The third-order valence-corrected chi connectivity index (χ3v) is 3.01. The van der Waals surface area contributed by atoms with Gasteiger partial charge in [-0.3, -0.25) is 0 Å². The van der Waals surface area contributed by atoms with E-state index < -0.39 is 0 Å². The zero-order valence-corrected chi connectivity index (χ0v) is 11.0. The number of hydrogen-bond donors (Lipinski definition) is 1. The lowest BCUT2D eigenvalue weighted by atomic mass is 9.88. The number of rotatable bonds is 5. The molecule has 2 N–H and O–H groups in total. The van der Waals surface area contributed by atoms with Crippen LogP contribution < -0.4 is 10.6 Å². The first kappa shape index (κ1) is 13.0. The maximum atomic E-state index is 5.64. The minimum Gasteiger partial charge on any atom is -0.374 e. The number of nitrogens with zero attached hydrogens (tertiary/aromatic N) is 1. The second kappa shape index (κ2) is 5.35.